The summed E-state index contributed by atoms with van der Waals surface area (Å²) in [5, 5.41) is 0. The summed E-state index contributed by atoms with van der Waals surface area (Å²) < 4.78 is 68.3. The molecule has 0 spiro atoms. The highest BCUT2D eigenvalue weighted by atomic mass is 32.2. The summed E-state index contributed by atoms with van der Waals surface area (Å²) in [5.74, 6) is 0. The number of aryl methyl sites for hydroxylation is 1. The number of aromatic nitrogens is 1. The molecule has 1 aliphatic heterocycles. The third-order valence-electron chi connectivity index (χ3n) is 5.59. The SMILES string of the molecule is Cc1cnccc1-c1cccc(C2CCCN2S(=O)(=O)c2ccccc2C(F)(F)F)c1. The topological polar surface area (TPSA) is 50.3 Å². The van der Waals surface area contributed by atoms with E-state index in [0.717, 1.165) is 34.4 Å². The molecule has 1 aromatic heterocycles. The Kier molecular flexibility index (Phi) is 5.61. The van der Waals surface area contributed by atoms with E-state index in [9.17, 15) is 21.6 Å². The van der Waals surface area contributed by atoms with Crippen LogP contribution in [0.25, 0.3) is 11.1 Å². The predicted octanol–water partition coefficient (Wildman–Crippen LogP) is 5.60. The summed E-state index contributed by atoms with van der Waals surface area (Å²) in [6, 6.07) is 13.2. The van der Waals surface area contributed by atoms with Gasteiger partial charge >= 0.3 is 6.18 Å². The van der Waals surface area contributed by atoms with Crippen LogP contribution in [0.5, 0.6) is 0 Å². The van der Waals surface area contributed by atoms with Crippen molar-refractivity contribution < 1.29 is 21.6 Å². The van der Waals surface area contributed by atoms with Crippen LogP contribution in [0.15, 0.2) is 71.9 Å². The second kappa shape index (κ2) is 8.09. The van der Waals surface area contributed by atoms with Gasteiger partial charge in [-0.3, -0.25) is 4.98 Å². The van der Waals surface area contributed by atoms with E-state index in [1.807, 2.05) is 37.3 Å². The minimum absolute atomic E-state index is 0.178. The van der Waals surface area contributed by atoms with E-state index in [1.165, 1.54) is 16.4 Å². The fraction of sp³-hybridized carbons (Fsp3) is 0.261. The molecular formula is C23H21F3N2O2S. The Hall–Kier alpha value is -2.71. The van der Waals surface area contributed by atoms with Crippen LogP contribution in [-0.4, -0.2) is 24.3 Å². The Bertz CT molecular complexity index is 1210. The Balaban J connectivity index is 1.75. The van der Waals surface area contributed by atoms with Gasteiger partial charge in [0.1, 0.15) is 0 Å². The molecule has 2 aromatic carbocycles. The molecule has 0 aliphatic carbocycles. The van der Waals surface area contributed by atoms with Gasteiger partial charge in [-0.2, -0.15) is 17.5 Å². The average molecular weight is 446 g/mol. The number of hydrogen-bond acceptors (Lipinski definition) is 3. The number of hydrogen-bond donors (Lipinski definition) is 0. The normalized spacial score (nSPS) is 17.7. The van der Waals surface area contributed by atoms with Gasteiger partial charge in [-0.15, -0.1) is 0 Å². The average Bonchev–Trinajstić information content (AvgIpc) is 3.25. The van der Waals surface area contributed by atoms with Crippen LogP contribution in [0.4, 0.5) is 13.2 Å². The summed E-state index contributed by atoms with van der Waals surface area (Å²) >= 11 is 0. The lowest BCUT2D eigenvalue weighted by atomic mass is 9.97. The lowest BCUT2D eigenvalue weighted by Crippen LogP contribution is -2.32. The zero-order chi connectivity index (χ0) is 22.2. The third kappa shape index (κ3) is 4.09. The molecule has 0 N–H and O–H groups in total. The summed E-state index contributed by atoms with van der Waals surface area (Å²) in [7, 11) is -4.33. The van der Waals surface area contributed by atoms with Gasteiger partial charge in [0.05, 0.1) is 16.5 Å². The van der Waals surface area contributed by atoms with Crippen LogP contribution < -0.4 is 0 Å². The van der Waals surface area contributed by atoms with E-state index >= 15 is 0 Å². The van der Waals surface area contributed by atoms with Crippen LogP contribution in [0.3, 0.4) is 0 Å². The van der Waals surface area contributed by atoms with Crippen molar-refractivity contribution in [3.8, 4) is 11.1 Å². The smallest absolute Gasteiger partial charge is 0.264 e. The monoisotopic (exact) mass is 446 g/mol. The van der Waals surface area contributed by atoms with E-state index in [2.05, 4.69) is 4.98 Å². The van der Waals surface area contributed by atoms with Crippen LogP contribution in [0.2, 0.25) is 0 Å². The highest BCUT2D eigenvalue weighted by Gasteiger charge is 2.42. The highest BCUT2D eigenvalue weighted by Crippen LogP contribution is 2.41. The van der Waals surface area contributed by atoms with Crippen LogP contribution in [0, 0.1) is 6.92 Å². The van der Waals surface area contributed by atoms with Crippen LogP contribution >= 0.6 is 0 Å². The molecule has 1 aliphatic rings. The minimum Gasteiger partial charge on any atom is -0.264 e. The maximum absolute atomic E-state index is 13.5. The number of sulfonamides is 1. The molecule has 4 rings (SSSR count). The van der Waals surface area contributed by atoms with Crippen molar-refractivity contribution in [3.63, 3.8) is 0 Å². The lowest BCUT2D eigenvalue weighted by molar-refractivity contribution is -0.139. The van der Waals surface area contributed by atoms with Crippen molar-refractivity contribution in [1.29, 1.82) is 0 Å². The Morgan fingerprint density at radius 3 is 2.58 bits per heavy atom. The Morgan fingerprint density at radius 2 is 1.84 bits per heavy atom. The molecule has 0 bridgehead atoms. The van der Waals surface area contributed by atoms with Crippen molar-refractivity contribution in [3.05, 3.63) is 83.7 Å². The maximum atomic E-state index is 13.5. The van der Waals surface area contributed by atoms with E-state index in [1.54, 1.807) is 12.4 Å². The largest absolute Gasteiger partial charge is 0.417 e. The molecule has 3 aromatic rings. The molecule has 0 saturated carbocycles. The molecule has 2 heterocycles. The Labute approximate surface area is 179 Å². The molecule has 31 heavy (non-hydrogen) atoms. The Morgan fingerprint density at radius 1 is 1.06 bits per heavy atom. The first-order valence-electron chi connectivity index (χ1n) is 9.88. The minimum atomic E-state index is -4.75. The summed E-state index contributed by atoms with van der Waals surface area (Å²) in [5.41, 5.74) is 2.50. The highest BCUT2D eigenvalue weighted by molar-refractivity contribution is 7.89. The molecule has 0 radical (unpaired) electrons. The molecule has 162 valence electrons. The lowest BCUT2D eigenvalue weighted by Gasteiger charge is -2.26. The first kappa shape index (κ1) is 21.5. The van der Waals surface area contributed by atoms with Gasteiger partial charge in [-0.25, -0.2) is 8.42 Å². The van der Waals surface area contributed by atoms with E-state index in [4.69, 9.17) is 0 Å². The number of pyridine rings is 1. The molecule has 1 atom stereocenters. The maximum Gasteiger partial charge on any atom is 0.417 e. The third-order valence-corrected chi connectivity index (χ3v) is 7.55. The number of alkyl halides is 3. The second-order valence-electron chi connectivity index (χ2n) is 7.58. The molecule has 4 nitrogen and oxygen atoms in total. The van der Waals surface area contributed by atoms with Gasteiger partial charge in [0.15, 0.2) is 0 Å². The fourth-order valence-electron chi connectivity index (χ4n) is 4.12. The summed E-state index contributed by atoms with van der Waals surface area (Å²) in [6.07, 6.45) is -0.182. The number of benzene rings is 2. The van der Waals surface area contributed by atoms with Crippen molar-refractivity contribution in [2.24, 2.45) is 0 Å². The molecule has 1 unspecified atom stereocenters. The first-order valence-corrected chi connectivity index (χ1v) is 11.3. The first-order chi connectivity index (χ1) is 14.7. The van der Waals surface area contributed by atoms with Gasteiger partial charge in [0, 0.05) is 18.9 Å². The van der Waals surface area contributed by atoms with Crippen molar-refractivity contribution >= 4 is 10.0 Å². The molecule has 0 amide bonds. The predicted molar refractivity (Wildman–Crippen MR) is 112 cm³/mol. The quantitative estimate of drug-likeness (QED) is 0.524. The van der Waals surface area contributed by atoms with E-state index in [0.29, 0.717) is 12.8 Å². The van der Waals surface area contributed by atoms with E-state index < -0.39 is 32.7 Å². The molecule has 1 fully saturated rings. The second-order valence-corrected chi connectivity index (χ2v) is 9.44. The zero-order valence-corrected chi connectivity index (χ0v) is 17.6. The van der Waals surface area contributed by atoms with Gasteiger partial charge in [-0.1, -0.05) is 30.3 Å². The summed E-state index contributed by atoms with van der Waals surface area (Å²) in [6.45, 7) is 2.12. The van der Waals surface area contributed by atoms with Crippen molar-refractivity contribution in [1.82, 2.24) is 9.29 Å². The number of rotatable bonds is 4. The van der Waals surface area contributed by atoms with Crippen molar-refractivity contribution in [2.75, 3.05) is 6.54 Å². The molecule has 8 heteroatoms. The zero-order valence-electron chi connectivity index (χ0n) is 16.8. The van der Waals surface area contributed by atoms with E-state index in [-0.39, 0.29) is 6.54 Å². The standard InChI is InChI=1S/C23H21F3N2O2S/c1-16-15-27-12-11-19(16)17-6-4-7-18(14-17)21-9-5-13-28(21)31(29,30)22-10-3-2-8-20(22)23(24,25)26/h2-4,6-8,10-12,14-15,21H,5,9,13H2,1H3. The van der Waals surface area contributed by atoms with Crippen LogP contribution in [0.1, 0.15) is 35.6 Å². The van der Waals surface area contributed by atoms with Gasteiger partial charge < -0.3 is 0 Å². The van der Waals surface area contributed by atoms with Gasteiger partial charge in [0.25, 0.3) is 0 Å². The van der Waals surface area contributed by atoms with Gasteiger partial charge in [-0.05, 0) is 66.3 Å². The molecule has 1 saturated heterocycles. The number of nitrogens with zero attached hydrogens (tertiary/aromatic N) is 2. The molecular weight excluding hydrogens is 425 g/mol. The van der Waals surface area contributed by atoms with Crippen molar-refractivity contribution in [2.45, 2.75) is 36.9 Å². The number of halogens is 3. The fourth-order valence-corrected chi connectivity index (χ4v) is 6.02. The summed E-state index contributed by atoms with van der Waals surface area (Å²) in [4.78, 5) is 3.40. The van der Waals surface area contributed by atoms with Crippen LogP contribution in [-0.2, 0) is 16.2 Å². The van der Waals surface area contributed by atoms with Gasteiger partial charge in [0.2, 0.25) is 10.0 Å².